The van der Waals surface area contributed by atoms with E-state index in [0.717, 1.165) is 17.7 Å². The highest BCUT2D eigenvalue weighted by Gasteiger charge is 2.10. The predicted octanol–water partition coefficient (Wildman–Crippen LogP) is 5.76. The van der Waals surface area contributed by atoms with Crippen LogP contribution in [0.4, 0.5) is 0 Å². The number of carboxylic acid groups (broad SMARTS) is 1. The number of hydrogen-bond acceptors (Lipinski definition) is 2. The number of aryl methyl sites for hydroxylation is 2. The molecule has 0 radical (unpaired) electrons. The fourth-order valence-electron chi connectivity index (χ4n) is 3.35. The Morgan fingerprint density at radius 3 is 2.34 bits per heavy atom. The van der Waals surface area contributed by atoms with E-state index >= 15 is 0 Å². The van der Waals surface area contributed by atoms with Crippen LogP contribution in [0.1, 0.15) is 46.5 Å². The van der Waals surface area contributed by atoms with Gasteiger partial charge < -0.3 is 5.11 Å². The van der Waals surface area contributed by atoms with Crippen molar-refractivity contribution in [1.29, 1.82) is 5.41 Å². The number of aliphatic imine (C=N–C) groups is 1. The summed E-state index contributed by atoms with van der Waals surface area (Å²) in [5.74, 6) is -0.966. The number of carboxylic acids is 1. The van der Waals surface area contributed by atoms with Gasteiger partial charge in [0, 0.05) is 11.3 Å². The van der Waals surface area contributed by atoms with Crippen molar-refractivity contribution in [1.82, 2.24) is 0 Å². The number of hydrogen-bond donors (Lipinski definition) is 2. The highest BCUT2D eigenvalue weighted by atomic mass is 16.4. The molecule has 0 aromatic heterocycles. The van der Waals surface area contributed by atoms with Gasteiger partial charge in [-0.1, -0.05) is 55.5 Å². The third-order valence-corrected chi connectivity index (χ3v) is 5.00. The molecule has 0 bridgehead atoms. The smallest absolute Gasteiger partial charge is 0.335 e. The van der Waals surface area contributed by atoms with Crippen LogP contribution in [0.25, 0.3) is 11.1 Å². The number of carbonyl (C=O) groups is 1. The highest BCUT2D eigenvalue weighted by Crippen LogP contribution is 2.28. The van der Waals surface area contributed by atoms with E-state index in [1.807, 2.05) is 19.1 Å². The van der Waals surface area contributed by atoms with Crippen LogP contribution in [0.5, 0.6) is 0 Å². The molecule has 3 aromatic carbocycles. The molecule has 0 heterocycles. The quantitative estimate of drug-likeness (QED) is 0.434. The molecule has 3 aromatic rings. The lowest BCUT2D eigenvalue weighted by Crippen LogP contribution is -2.05. The van der Waals surface area contributed by atoms with Crippen molar-refractivity contribution in [2.75, 3.05) is 0 Å². The van der Waals surface area contributed by atoms with E-state index in [1.54, 1.807) is 12.1 Å². The van der Waals surface area contributed by atoms with Gasteiger partial charge in [-0.2, -0.15) is 0 Å². The van der Waals surface area contributed by atoms with Gasteiger partial charge in [0.05, 0.1) is 5.56 Å². The molecule has 0 spiro atoms. The summed E-state index contributed by atoms with van der Waals surface area (Å²) in [4.78, 5) is 15.6. The van der Waals surface area contributed by atoms with E-state index in [9.17, 15) is 4.79 Å². The maximum absolute atomic E-state index is 11.2. The molecule has 0 aliphatic rings. The maximum Gasteiger partial charge on any atom is 0.335 e. The summed E-state index contributed by atoms with van der Waals surface area (Å²) >= 11 is 0. The van der Waals surface area contributed by atoms with Crippen LogP contribution < -0.4 is 0 Å². The van der Waals surface area contributed by atoms with Crippen molar-refractivity contribution < 1.29 is 9.90 Å². The van der Waals surface area contributed by atoms with Crippen molar-refractivity contribution in [3.05, 3.63) is 94.5 Å². The number of rotatable bonds is 5. The van der Waals surface area contributed by atoms with Gasteiger partial charge in [-0.3, -0.25) is 5.41 Å². The molecule has 0 fully saturated rings. The predicted molar refractivity (Wildman–Crippen MR) is 118 cm³/mol. The number of nitrogens with one attached hydrogen (secondary N) is 1. The maximum atomic E-state index is 11.2. The fourth-order valence-corrected chi connectivity index (χ4v) is 3.35. The van der Waals surface area contributed by atoms with Crippen LogP contribution in [0.15, 0.2) is 71.7 Å². The van der Waals surface area contributed by atoms with E-state index in [1.165, 1.54) is 34.4 Å². The summed E-state index contributed by atoms with van der Waals surface area (Å²) in [7, 11) is 0. The Morgan fingerprint density at radius 1 is 0.931 bits per heavy atom. The molecule has 2 N–H and O–H groups in total. The van der Waals surface area contributed by atoms with Gasteiger partial charge in [-0.15, -0.1) is 0 Å². The van der Waals surface area contributed by atoms with Gasteiger partial charge in [-0.05, 0) is 66.3 Å². The average molecular weight is 384 g/mol. The summed E-state index contributed by atoms with van der Waals surface area (Å²) in [6.07, 6.45) is 0.892. The van der Waals surface area contributed by atoms with Crippen LogP contribution in [-0.2, 0) is 6.42 Å². The second-order valence-electron chi connectivity index (χ2n) is 6.97. The molecule has 0 saturated carbocycles. The van der Waals surface area contributed by atoms with Crippen LogP contribution in [0, 0.1) is 12.3 Å². The molecule has 0 amide bonds. The van der Waals surface area contributed by atoms with Gasteiger partial charge >= 0.3 is 5.97 Å². The van der Waals surface area contributed by atoms with Crippen LogP contribution in [0.3, 0.4) is 0 Å². The molecule has 29 heavy (non-hydrogen) atoms. The molecule has 0 unspecified atom stereocenters. The minimum Gasteiger partial charge on any atom is -0.478 e. The van der Waals surface area contributed by atoms with E-state index in [2.05, 4.69) is 49.2 Å². The first kappa shape index (κ1) is 20.2. The van der Waals surface area contributed by atoms with E-state index in [4.69, 9.17) is 10.5 Å². The van der Waals surface area contributed by atoms with Crippen LogP contribution in [-0.4, -0.2) is 22.6 Å². The minimum atomic E-state index is -1.01. The Bertz CT molecular complexity index is 1110. The molecular weight excluding hydrogens is 360 g/mol. The normalized spacial score (nSPS) is 11.3. The highest BCUT2D eigenvalue weighted by molar-refractivity contribution is 6.11. The van der Waals surface area contributed by atoms with Crippen LogP contribution >= 0.6 is 0 Å². The third kappa shape index (κ3) is 4.49. The molecular formula is C25H24N2O2. The largest absolute Gasteiger partial charge is 0.478 e. The summed E-state index contributed by atoms with van der Waals surface area (Å²) in [6, 6.07) is 20.9. The Hall–Kier alpha value is -3.53. The number of aromatic carboxylic acids is 1. The van der Waals surface area contributed by atoms with Gasteiger partial charge in [-0.25, -0.2) is 9.79 Å². The Labute approximate surface area is 171 Å². The fraction of sp³-hybridized carbons (Fsp3) is 0.160. The van der Waals surface area contributed by atoms with E-state index in [0.29, 0.717) is 5.56 Å². The zero-order chi connectivity index (χ0) is 21.0. The van der Waals surface area contributed by atoms with Crippen molar-refractivity contribution in [3.63, 3.8) is 0 Å². The van der Waals surface area contributed by atoms with Gasteiger partial charge in [0.25, 0.3) is 0 Å². The van der Waals surface area contributed by atoms with E-state index in [-0.39, 0.29) is 11.4 Å². The topological polar surface area (TPSA) is 73.5 Å². The lowest BCUT2D eigenvalue weighted by molar-refractivity contribution is 0.0697. The van der Waals surface area contributed by atoms with Gasteiger partial charge in [0.2, 0.25) is 0 Å². The first-order chi connectivity index (χ1) is 13.9. The Balaban J connectivity index is 1.94. The number of benzene rings is 3. The summed E-state index contributed by atoms with van der Waals surface area (Å²) < 4.78 is 0. The summed E-state index contributed by atoms with van der Waals surface area (Å²) in [5.41, 5.74) is 7.22. The summed E-state index contributed by atoms with van der Waals surface area (Å²) in [5, 5.41) is 17.4. The molecule has 4 nitrogen and oxygen atoms in total. The minimum absolute atomic E-state index is 0.0478. The monoisotopic (exact) mass is 384 g/mol. The molecule has 4 heteroatoms. The van der Waals surface area contributed by atoms with Gasteiger partial charge in [0.15, 0.2) is 5.84 Å². The van der Waals surface area contributed by atoms with Crippen molar-refractivity contribution >= 4 is 17.5 Å². The zero-order valence-corrected chi connectivity index (χ0v) is 16.9. The van der Waals surface area contributed by atoms with Crippen molar-refractivity contribution in [2.45, 2.75) is 27.2 Å². The third-order valence-electron chi connectivity index (χ3n) is 5.00. The van der Waals surface area contributed by atoms with Crippen molar-refractivity contribution in [3.8, 4) is 11.1 Å². The van der Waals surface area contributed by atoms with Gasteiger partial charge in [0.1, 0.15) is 0 Å². The van der Waals surface area contributed by atoms with Crippen molar-refractivity contribution in [2.24, 2.45) is 4.99 Å². The average Bonchev–Trinajstić information content (AvgIpc) is 2.73. The molecule has 0 atom stereocenters. The lowest BCUT2D eigenvalue weighted by atomic mass is 9.92. The molecule has 0 aliphatic heterocycles. The van der Waals surface area contributed by atoms with Crippen LogP contribution in [0.2, 0.25) is 0 Å². The lowest BCUT2D eigenvalue weighted by Gasteiger charge is -2.13. The van der Waals surface area contributed by atoms with E-state index < -0.39 is 5.97 Å². The molecule has 0 saturated heterocycles. The zero-order valence-electron chi connectivity index (χ0n) is 16.9. The molecule has 0 aliphatic carbocycles. The second-order valence-corrected chi connectivity index (χ2v) is 6.97. The second kappa shape index (κ2) is 8.65. The molecule has 146 valence electrons. The Morgan fingerprint density at radius 2 is 1.66 bits per heavy atom. The Kier molecular flexibility index (Phi) is 6.03. The number of amidine groups is 1. The number of nitrogens with zero attached hydrogens (tertiary/aromatic N) is 1. The molecule has 3 rings (SSSR count). The first-order valence-corrected chi connectivity index (χ1v) is 9.57. The SMILES string of the molecule is CCc1cc(/C(C)=N/C(=N)c2cccc(C(=O)O)c2)ccc1-c1ccccc1C. The standard InChI is InChI=1S/C25H24N2O2/c1-4-18-14-19(12-13-23(18)22-11-6-5-8-16(22)2)17(3)27-24(26)20-9-7-10-21(15-20)25(28)29/h5-15,26H,4H2,1-3H3,(H,28,29)/b26-24?,27-17+. The summed E-state index contributed by atoms with van der Waals surface area (Å²) in [6.45, 7) is 6.12. The first-order valence-electron chi connectivity index (χ1n) is 9.57.